The number of carbonyl (C=O) groups excluding carboxylic acids is 1. The van der Waals surface area contributed by atoms with Gasteiger partial charge in [0.25, 0.3) is 0 Å². The van der Waals surface area contributed by atoms with E-state index >= 15 is 0 Å². The maximum absolute atomic E-state index is 11.7. The van der Waals surface area contributed by atoms with Crippen molar-refractivity contribution < 1.29 is 4.79 Å². The van der Waals surface area contributed by atoms with Crippen LogP contribution in [0.4, 0.5) is 0 Å². The minimum absolute atomic E-state index is 0.00405. The molecule has 1 aromatic heterocycles. The lowest BCUT2D eigenvalue weighted by molar-refractivity contribution is 0.103. The van der Waals surface area contributed by atoms with E-state index in [1.165, 1.54) is 17.2 Å². The number of allylic oxidation sites excluding steroid dienone is 1. The van der Waals surface area contributed by atoms with Crippen molar-refractivity contribution in [1.29, 1.82) is 0 Å². The molecule has 0 N–H and O–H groups in total. The maximum Gasteiger partial charge on any atom is 0.201 e. The molecule has 0 saturated heterocycles. The molecule has 0 saturated carbocycles. The molecule has 17 heavy (non-hydrogen) atoms. The molecule has 0 amide bonds. The quantitative estimate of drug-likeness (QED) is 0.566. The second-order valence-corrected chi connectivity index (χ2v) is 4.23. The third kappa shape index (κ3) is 1.45. The predicted octanol–water partition coefficient (Wildman–Crippen LogP) is 3.08. The Morgan fingerprint density at radius 2 is 2.06 bits per heavy atom. The topological polar surface area (TPSA) is 22.0 Å². The van der Waals surface area contributed by atoms with Gasteiger partial charge in [-0.2, -0.15) is 0 Å². The van der Waals surface area contributed by atoms with Crippen molar-refractivity contribution in [3.8, 4) is 11.3 Å². The Hall–Kier alpha value is -2.09. The van der Waals surface area contributed by atoms with Crippen molar-refractivity contribution >= 4 is 5.78 Å². The number of hydrogen-bond acceptors (Lipinski definition) is 1. The number of aryl methyl sites for hydroxylation is 1. The molecule has 2 heterocycles. The Balaban J connectivity index is 2.19. The first-order valence-corrected chi connectivity index (χ1v) is 5.76. The SMILES string of the molecule is C=CC(=O)c1ccc2n1CCc1ccccc1-2. The molecule has 2 aromatic rings. The lowest BCUT2D eigenvalue weighted by Crippen LogP contribution is -2.14. The van der Waals surface area contributed by atoms with Gasteiger partial charge in [-0.3, -0.25) is 4.79 Å². The second kappa shape index (κ2) is 3.74. The molecule has 3 rings (SSSR count). The van der Waals surface area contributed by atoms with Gasteiger partial charge in [0.15, 0.2) is 0 Å². The van der Waals surface area contributed by atoms with Crippen LogP contribution in [0.2, 0.25) is 0 Å². The zero-order valence-corrected chi connectivity index (χ0v) is 9.52. The summed E-state index contributed by atoms with van der Waals surface area (Å²) >= 11 is 0. The van der Waals surface area contributed by atoms with E-state index in [-0.39, 0.29) is 5.78 Å². The highest BCUT2D eigenvalue weighted by Gasteiger charge is 2.19. The molecule has 0 radical (unpaired) electrons. The standard InChI is InChI=1S/C15H13NO/c1-2-15(17)14-8-7-13-12-6-4-3-5-11(12)9-10-16(13)14/h2-8H,1,9-10H2. The maximum atomic E-state index is 11.7. The minimum Gasteiger partial charge on any atom is -0.337 e. The van der Waals surface area contributed by atoms with Gasteiger partial charge in [0.1, 0.15) is 0 Å². The number of benzene rings is 1. The van der Waals surface area contributed by atoms with Crippen molar-refractivity contribution in [2.75, 3.05) is 0 Å². The molecule has 0 atom stereocenters. The Morgan fingerprint density at radius 3 is 2.88 bits per heavy atom. The summed E-state index contributed by atoms with van der Waals surface area (Å²) in [5, 5.41) is 0. The molecule has 1 aromatic carbocycles. The molecule has 0 bridgehead atoms. The number of ketones is 1. The summed E-state index contributed by atoms with van der Waals surface area (Å²) in [6.07, 6.45) is 2.36. The van der Waals surface area contributed by atoms with Crippen molar-refractivity contribution in [1.82, 2.24) is 4.57 Å². The van der Waals surface area contributed by atoms with E-state index in [0.29, 0.717) is 0 Å². The molecule has 84 valence electrons. The normalized spacial score (nSPS) is 12.7. The van der Waals surface area contributed by atoms with Gasteiger partial charge in [-0.15, -0.1) is 0 Å². The van der Waals surface area contributed by atoms with Gasteiger partial charge >= 0.3 is 0 Å². The smallest absolute Gasteiger partial charge is 0.201 e. The fourth-order valence-corrected chi connectivity index (χ4v) is 2.48. The number of nitrogens with zero attached hydrogens (tertiary/aromatic N) is 1. The molecular weight excluding hydrogens is 210 g/mol. The molecule has 2 heteroatoms. The third-order valence-electron chi connectivity index (χ3n) is 3.32. The number of carbonyl (C=O) groups is 1. The number of rotatable bonds is 2. The van der Waals surface area contributed by atoms with Gasteiger partial charge in [-0.25, -0.2) is 0 Å². The van der Waals surface area contributed by atoms with Crippen LogP contribution in [0.3, 0.4) is 0 Å². The average Bonchev–Trinajstić information content (AvgIpc) is 2.82. The van der Waals surface area contributed by atoms with Crippen LogP contribution in [0.1, 0.15) is 16.1 Å². The van der Waals surface area contributed by atoms with Crippen LogP contribution in [0, 0.1) is 0 Å². The summed E-state index contributed by atoms with van der Waals surface area (Å²) in [4.78, 5) is 11.7. The van der Waals surface area contributed by atoms with Crippen LogP contribution >= 0.6 is 0 Å². The summed E-state index contributed by atoms with van der Waals surface area (Å²) in [6.45, 7) is 4.42. The highest BCUT2D eigenvalue weighted by Crippen LogP contribution is 2.31. The monoisotopic (exact) mass is 223 g/mol. The van der Waals surface area contributed by atoms with Crippen molar-refractivity contribution in [3.63, 3.8) is 0 Å². The fourth-order valence-electron chi connectivity index (χ4n) is 2.48. The van der Waals surface area contributed by atoms with Crippen LogP contribution in [-0.2, 0) is 13.0 Å². The summed E-state index contributed by atoms with van der Waals surface area (Å²) in [5.74, 6) is -0.00405. The van der Waals surface area contributed by atoms with Crippen LogP contribution in [0.15, 0.2) is 49.1 Å². The van der Waals surface area contributed by atoms with Crippen molar-refractivity contribution in [3.05, 3.63) is 60.3 Å². The van der Waals surface area contributed by atoms with Gasteiger partial charge in [0.05, 0.1) is 5.69 Å². The summed E-state index contributed by atoms with van der Waals surface area (Å²) in [7, 11) is 0. The van der Waals surface area contributed by atoms with E-state index in [4.69, 9.17) is 0 Å². The molecule has 0 aliphatic carbocycles. The first-order valence-electron chi connectivity index (χ1n) is 5.76. The number of fused-ring (bicyclic) bond motifs is 3. The highest BCUT2D eigenvalue weighted by molar-refractivity contribution is 6.03. The van der Waals surface area contributed by atoms with Gasteiger partial charge in [-0.1, -0.05) is 30.8 Å². The molecule has 0 fully saturated rings. The summed E-state index contributed by atoms with van der Waals surface area (Å²) < 4.78 is 2.09. The minimum atomic E-state index is -0.00405. The third-order valence-corrected chi connectivity index (χ3v) is 3.32. The van der Waals surface area contributed by atoms with Gasteiger partial charge in [0.2, 0.25) is 5.78 Å². The largest absolute Gasteiger partial charge is 0.337 e. The summed E-state index contributed by atoms with van der Waals surface area (Å²) in [6, 6.07) is 12.3. The van der Waals surface area contributed by atoms with Gasteiger partial charge < -0.3 is 4.57 Å². The number of aromatic nitrogens is 1. The van der Waals surface area contributed by atoms with E-state index in [2.05, 4.69) is 29.3 Å². The molecule has 2 nitrogen and oxygen atoms in total. The number of hydrogen-bond donors (Lipinski definition) is 0. The molecule has 1 aliphatic rings. The van der Waals surface area contributed by atoms with Crippen LogP contribution in [0.25, 0.3) is 11.3 Å². The average molecular weight is 223 g/mol. The Morgan fingerprint density at radius 1 is 1.24 bits per heavy atom. The van der Waals surface area contributed by atoms with E-state index in [1.54, 1.807) is 0 Å². The van der Waals surface area contributed by atoms with Gasteiger partial charge in [-0.05, 0) is 30.2 Å². The second-order valence-electron chi connectivity index (χ2n) is 4.23. The Bertz CT molecular complexity index is 607. The molecule has 1 aliphatic heterocycles. The molecular formula is C15H13NO. The first-order chi connectivity index (χ1) is 8.31. The fraction of sp³-hybridized carbons (Fsp3) is 0.133. The zero-order chi connectivity index (χ0) is 11.8. The Kier molecular flexibility index (Phi) is 2.22. The van der Waals surface area contributed by atoms with Gasteiger partial charge in [0, 0.05) is 17.8 Å². The highest BCUT2D eigenvalue weighted by atomic mass is 16.1. The van der Waals surface area contributed by atoms with Crippen LogP contribution in [-0.4, -0.2) is 10.4 Å². The molecule has 0 unspecified atom stereocenters. The van der Waals surface area contributed by atoms with Crippen LogP contribution in [0.5, 0.6) is 0 Å². The van der Waals surface area contributed by atoms with Crippen LogP contribution < -0.4 is 0 Å². The Labute approximate surface area is 100 Å². The van der Waals surface area contributed by atoms with Crippen molar-refractivity contribution in [2.45, 2.75) is 13.0 Å². The van der Waals surface area contributed by atoms with Crippen molar-refractivity contribution in [2.24, 2.45) is 0 Å². The zero-order valence-electron chi connectivity index (χ0n) is 9.52. The molecule has 0 spiro atoms. The first kappa shape index (κ1) is 10.1. The lowest BCUT2D eigenvalue weighted by Gasteiger charge is -2.20. The summed E-state index contributed by atoms with van der Waals surface area (Å²) in [5.41, 5.74) is 4.47. The van der Waals surface area contributed by atoms with E-state index in [0.717, 1.165) is 24.4 Å². The van der Waals surface area contributed by atoms with E-state index < -0.39 is 0 Å². The van der Waals surface area contributed by atoms with E-state index in [9.17, 15) is 4.79 Å². The lowest BCUT2D eigenvalue weighted by atomic mass is 9.99. The van der Waals surface area contributed by atoms with E-state index in [1.807, 2.05) is 18.2 Å². The predicted molar refractivity (Wildman–Crippen MR) is 68.1 cm³/mol.